The van der Waals surface area contributed by atoms with E-state index in [1.807, 2.05) is 24.3 Å². The lowest BCUT2D eigenvalue weighted by Crippen LogP contribution is -2.55. The van der Waals surface area contributed by atoms with Gasteiger partial charge in [-0.25, -0.2) is 14.8 Å². The first kappa shape index (κ1) is 24.2. The highest BCUT2D eigenvalue weighted by atomic mass is 32.1. The lowest BCUT2D eigenvalue weighted by Gasteiger charge is -2.40. The van der Waals surface area contributed by atoms with Crippen LogP contribution < -0.4 is 10.2 Å². The minimum atomic E-state index is -4.65. The summed E-state index contributed by atoms with van der Waals surface area (Å²) in [5.41, 5.74) is 0.0515. The van der Waals surface area contributed by atoms with E-state index < -0.39 is 24.5 Å². The zero-order valence-corrected chi connectivity index (χ0v) is 19.1. The molecule has 0 aliphatic carbocycles. The van der Waals surface area contributed by atoms with Crippen molar-refractivity contribution < 1.29 is 28.2 Å². The first-order valence-corrected chi connectivity index (χ1v) is 11.5. The molecule has 1 aliphatic rings. The van der Waals surface area contributed by atoms with E-state index in [0.717, 1.165) is 16.3 Å². The number of halogens is 3. The molecule has 0 unspecified atom stereocenters. The largest absolute Gasteiger partial charge is 0.419 e. The van der Waals surface area contributed by atoms with Gasteiger partial charge in [0.05, 0.1) is 28.5 Å². The quantitative estimate of drug-likeness (QED) is 0.502. The number of nitrogens with zero attached hydrogens (tertiary/aromatic N) is 4. The second-order valence-corrected chi connectivity index (χ2v) is 9.19. The molecule has 2 aromatic heterocycles. The Hall–Kier alpha value is -2.96. The van der Waals surface area contributed by atoms with Crippen molar-refractivity contribution >= 4 is 38.5 Å². The normalized spacial score (nSPS) is 17.8. The number of anilines is 2. The second kappa shape index (κ2) is 9.72. The number of nitrogens with one attached hydrogen (secondary N) is 1. The molecule has 0 radical (unpaired) electrons. The number of aromatic nitrogens is 2. The van der Waals surface area contributed by atoms with E-state index in [1.54, 1.807) is 11.8 Å². The van der Waals surface area contributed by atoms with Crippen molar-refractivity contribution in [2.75, 3.05) is 36.5 Å². The van der Waals surface area contributed by atoms with Crippen molar-refractivity contribution in [3.05, 3.63) is 47.7 Å². The van der Waals surface area contributed by atoms with E-state index >= 15 is 0 Å². The molecule has 3 heterocycles. The summed E-state index contributed by atoms with van der Waals surface area (Å²) in [6.07, 6.45) is -4.66. The smallest absolute Gasteiger partial charge is 0.394 e. The van der Waals surface area contributed by atoms with E-state index in [1.165, 1.54) is 22.4 Å². The van der Waals surface area contributed by atoms with Crippen LogP contribution in [0.4, 0.5) is 28.9 Å². The SMILES string of the molecule is C[C@H]1CN(c2ncc(C[C@H](O)CO)cc2C(F)(F)F)CCN1C(=O)Nc1nc2ccccc2s1. The van der Waals surface area contributed by atoms with Gasteiger partial charge in [0.2, 0.25) is 0 Å². The average Bonchev–Trinajstić information content (AvgIpc) is 3.20. The summed E-state index contributed by atoms with van der Waals surface area (Å²) in [6, 6.07) is 7.73. The van der Waals surface area contributed by atoms with Crippen LogP contribution in [-0.4, -0.2) is 69.5 Å². The highest BCUT2D eigenvalue weighted by Crippen LogP contribution is 2.37. The molecule has 1 aliphatic heterocycles. The van der Waals surface area contributed by atoms with Crippen molar-refractivity contribution in [1.82, 2.24) is 14.9 Å². The highest BCUT2D eigenvalue weighted by molar-refractivity contribution is 7.22. The third-order valence-electron chi connectivity index (χ3n) is 5.61. The Kier molecular flexibility index (Phi) is 6.91. The van der Waals surface area contributed by atoms with Gasteiger partial charge in [-0.3, -0.25) is 5.32 Å². The molecule has 8 nitrogen and oxygen atoms in total. The van der Waals surface area contributed by atoms with Crippen LogP contribution in [0.3, 0.4) is 0 Å². The van der Waals surface area contributed by atoms with Crippen LogP contribution in [0.25, 0.3) is 10.2 Å². The average molecular weight is 496 g/mol. The number of carbonyl (C=O) groups excluding carboxylic acids is 1. The number of rotatable bonds is 5. The van der Waals surface area contributed by atoms with Crippen molar-refractivity contribution in [3.63, 3.8) is 0 Å². The number of pyridine rings is 1. The van der Waals surface area contributed by atoms with Crippen molar-refractivity contribution in [2.24, 2.45) is 0 Å². The summed E-state index contributed by atoms with van der Waals surface area (Å²) >= 11 is 1.35. The van der Waals surface area contributed by atoms with Gasteiger partial charge in [-0.1, -0.05) is 23.5 Å². The Bertz CT molecular complexity index is 1140. The molecule has 1 fully saturated rings. The van der Waals surface area contributed by atoms with Gasteiger partial charge in [0.25, 0.3) is 0 Å². The van der Waals surface area contributed by atoms with Crippen LogP contribution >= 0.6 is 11.3 Å². The predicted molar refractivity (Wildman–Crippen MR) is 123 cm³/mol. The number of para-hydroxylation sites is 1. The van der Waals surface area contributed by atoms with Gasteiger partial charge in [-0.15, -0.1) is 0 Å². The summed E-state index contributed by atoms with van der Waals surface area (Å²) < 4.78 is 42.3. The molecular formula is C22H24F3N5O3S. The first-order valence-electron chi connectivity index (χ1n) is 10.7. The molecule has 1 aromatic carbocycles. The number of aliphatic hydroxyl groups is 2. The van der Waals surface area contributed by atoms with Gasteiger partial charge in [-0.2, -0.15) is 13.2 Å². The molecule has 2 atom stereocenters. The zero-order chi connectivity index (χ0) is 24.5. The molecule has 3 N–H and O–H groups in total. The fourth-order valence-corrected chi connectivity index (χ4v) is 4.81. The number of carbonyl (C=O) groups is 1. The van der Waals surface area contributed by atoms with E-state index in [0.29, 0.717) is 5.13 Å². The molecule has 12 heteroatoms. The molecule has 1 saturated heterocycles. The van der Waals surface area contributed by atoms with Gasteiger partial charge in [0.15, 0.2) is 5.13 Å². The van der Waals surface area contributed by atoms with Crippen LogP contribution in [0.1, 0.15) is 18.1 Å². The fourth-order valence-electron chi connectivity index (χ4n) is 3.95. The van der Waals surface area contributed by atoms with Crippen LogP contribution in [-0.2, 0) is 12.6 Å². The summed E-state index contributed by atoms with van der Waals surface area (Å²) in [7, 11) is 0. The molecule has 34 heavy (non-hydrogen) atoms. The maximum absolute atomic E-state index is 13.8. The number of fused-ring (bicyclic) bond motifs is 1. The summed E-state index contributed by atoms with van der Waals surface area (Å²) in [6.45, 7) is 1.76. The van der Waals surface area contributed by atoms with Crippen molar-refractivity contribution in [2.45, 2.75) is 31.7 Å². The lowest BCUT2D eigenvalue weighted by atomic mass is 10.1. The molecule has 182 valence electrons. The minimum Gasteiger partial charge on any atom is -0.394 e. The number of thiazole rings is 1. The minimum absolute atomic E-state index is 0.136. The molecule has 2 amide bonds. The van der Waals surface area contributed by atoms with Crippen LogP contribution in [0, 0.1) is 0 Å². The Morgan fingerprint density at radius 2 is 2.09 bits per heavy atom. The Morgan fingerprint density at radius 1 is 1.32 bits per heavy atom. The lowest BCUT2D eigenvalue weighted by molar-refractivity contribution is -0.137. The van der Waals surface area contributed by atoms with Crippen molar-refractivity contribution in [3.8, 4) is 0 Å². The highest BCUT2D eigenvalue weighted by Gasteiger charge is 2.38. The third kappa shape index (κ3) is 5.24. The Morgan fingerprint density at radius 3 is 2.76 bits per heavy atom. The summed E-state index contributed by atoms with van der Waals surface area (Å²) in [4.78, 5) is 24.3. The third-order valence-corrected chi connectivity index (χ3v) is 6.56. The number of alkyl halides is 3. The number of hydrogen-bond acceptors (Lipinski definition) is 7. The number of benzene rings is 1. The first-order chi connectivity index (χ1) is 16.2. The van der Waals surface area contributed by atoms with Crippen molar-refractivity contribution in [1.29, 1.82) is 0 Å². The molecule has 4 rings (SSSR count). The molecular weight excluding hydrogens is 471 g/mol. The van der Waals surface area contributed by atoms with Gasteiger partial charge in [0, 0.05) is 38.3 Å². The van der Waals surface area contributed by atoms with Gasteiger partial charge >= 0.3 is 12.2 Å². The summed E-state index contributed by atoms with van der Waals surface area (Å²) in [5.74, 6) is -0.215. The molecule has 0 saturated carbocycles. The van der Waals surface area contributed by atoms with E-state index in [2.05, 4.69) is 15.3 Å². The number of hydrogen-bond donors (Lipinski definition) is 3. The van der Waals surface area contributed by atoms with Crippen LogP contribution in [0.5, 0.6) is 0 Å². The number of piperazine rings is 1. The number of aliphatic hydroxyl groups excluding tert-OH is 2. The Balaban J connectivity index is 1.47. The number of urea groups is 1. The van der Waals surface area contributed by atoms with Crippen LogP contribution in [0.15, 0.2) is 36.5 Å². The standard InChI is InChI=1S/C22H24F3N5O3S/c1-13-11-29(19-16(22(23,24)25)9-14(10-26-19)8-15(32)12-31)6-7-30(13)21(33)28-20-27-17-4-2-3-5-18(17)34-20/h2-5,9-10,13,15,31-32H,6-8,11-12H2,1H3,(H,27,28,33)/t13-,15-/m0/s1. The van der Waals surface area contributed by atoms with Gasteiger partial charge in [-0.05, 0) is 30.7 Å². The van der Waals surface area contributed by atoms with Gasteiger partial charge < -0.3 is 20.0 Å². The number of amides is 2. The van der Waals surface area contributed by atoms with Crippen LogP contribution in [0.2, 0.25) is 0 Å². The maximum Gasteiger partial charge on any atom is 0.419 e. The predicted octanol–water partition coefficient (Wildman–Crippen LogP) is 3.35. The van der Waals surface area contributed by atoms with E-state index in [4.69, 9.17) is 5.11 Å². The van der Waals surface area contributed by atoms with E-state index in [9.17, 15) is 23.1 Å². The van der Waals surface area contributed by atoms with E-state index in [-0.39, 0.29) is 49.5 Å². The zero-order valence-electron chi connectivity index (χ0n) is 18.3. The second-order valence-electron chi connectivity index (χ2n) is 8.16. The maximum atomic E-state index is 13.8. The van der Waals surface area contributed by atoms with Gasteiger partial charge in [0.1, 0.15) is 5.82 Å². The fraction of sp³-hybridized carbons (Fsp3) is 0.409. The molecule has 0 bridgehead atoms. The molecule has 3 aromatic rings. The Labute approximate surface area is 197 Å². The molecule has 0 spiro atoms. The topological polar surface area (TPSA) is 102 Å². The summed E-state index contributed by atoms with van der Waals surface area (Å²) in [5, 5.41) is 21.8. The monoisotopic (exact) mass is 495 g/mol.